The molecule has 7 nitrogen and oxygen atoms in total. The first-order chi connectivity index (χ1) is 16.9. The number of nitrogens with zero attached hydrogens (tertiary/aromatic N) is 1. The number of amides is 1. The van der Waals surface area contributed by atoms with E-state index in [9.17, 15) is 18.4 Å². The zero-order chi connectivity index (χ0) is 26.7. The highest BCUT2D eigenvalue weighted by Gasteiger charge is 2.54. The molecule has 36 heavy (non-hydrogen) atoms. The van der Waals surface area contributed by atoms with Crippen LogP contribution in [0, 0.1) is 0 Å². The van der Waals surface area contributed by atoms with Gasteiger partial charge in [-0.1, -0.05) is 17.7 Å². The molecular formula is C26H32ClF2N3O4. The number of primary amides is 1. The van der Waals surface area contributed by atoms with Gasteiger partial charge >= 0.3 is 5.97 Å². The van der Waals surface area contributed by atoms with Crippen LogP contribution in [0.5, 0.6) is 5.75 Å². The number of likely N-dealkylation sites (tertiary alicyclic amines) is 1. The molecule has 196 valence electrons. The molecule has 0 bridgehead atoms. The van der Waals surface area contributed by atoms with Gasteiger partial charge in [0, 0.05) is 23.8 Å². The molecule has 1 saturated heterocycles. The summed E-state index contributed by atoms with van der Waals surface area (Å²) in [7, 11) is 1.52. The van der Waals surface area contributed by atoms with E-state index in [4.69, 9.17) is 26.8 Å². The lowest BCUT2D eigenvalue weighted by atomic mass is 9.93. The molecule has 0 radical (unpaired) electrons. The lowest BCUT2D eigenvalue weighted by Crippen LogP contribution is -2.60. The second-order valence-electron chi connectivity index (χ2n) is 9.78. The molecule has 0 saturated carbocycles. The van der Waals surface area contributed by atoms with Gasteiger partial charge in [-0.05, 0) is 81.1 Å². The van der Waals surface area contributed by atoms with E-state index < -0.39 is 35.5 Å². The molecule has 2 aromatic rings. The van der Waals surface area contributed by atoms with Crippen LogP contribution in [0.25, 0.3) is 0 Å². The van der Waals surface area contributed by atoms with Gasteiger partial charge in [-0.25, -0.2) is 13.6 Å². The Bertz CT molecular complexity index is 1090. The van der Waals surface area contributed by atoms with Crippen molar-refractivity contribution in [3.05, 3.63) is 58.6 Å². The van der Waals surface area contributed by atoms with Crippen molar-refractivity contribution in [1.29, 1.82) is 0 Å². The number of hydrogen-bond donors (Lipinski definition) is 2. The van der Waals surface area contributed by atoms with E-state index in [1.54, 1.807) is 56.0 Å². The number of hydrogen-bond acceptors (Lipinski definition) is 6. The lowest BCUT2D eigenvalue weighted by molar-refractivity contribution is -0.171. The minimum absolute atomic E-state index is 0.00554. The van der Waals surface area contributed by atoms with Gasteiger partial charge in [0.25, 0.3) is 6.43 Å². The largest absolute Gasteiger partial charge is 0.497 e. The van der Waals surface area contributed by atoms with Crippen LogP contribution in [0.3, 0.4) is 0 Å². The molecule has 0 aromatic heterocycles. The molecule has 1 amide bonds. The van der Waals surface area contributed by atoms with E-state index in [1.165, 1.54) is 19.2 Å². The third-order valence-corrected chi connectivity index (χ3v) is 6.35. The highest BCUT2D eigenvalue weighted by Crippen LogP contribution is 2.37. The van der Waals surface area contributed by atoms with Crippen LogP contribution >= 0.6 is 11.6 Å². The van der Waals surface area contributed by atoms with Crippen molar-refractivity contribution in [2.24, 2.45) is 5.73 Å². The Morgan fingerprint density at radius 2 is 1.86 bits per heavy atom. The average molecular weight is 524 g/mol. The Labute approximate surface area is 214 Å². The maximum Gasteiger partial charge on any atom is 0.336 e. The van der Waals surface area contributed by atoms with Crippen LogP contribution in [0.15, 0.2) is 42.5 Å². The molecular weight excluding hydrogens is 492 g/mol. The van der Waals surface area contributed by atoms with Gasteiger partial charge in [0.05, 0.1) is 7.11 Å². The third-order valence-electron chi connectivity index (χ3n) is 6.12. The van der Waals surface area contributed by atoms with Crippen molar-refractivity contribution in [1.82, 2.24) is 4.90 Å². The molecule has 2 aromatic carbocycles. The number of ether oxygens (including phenoxy) is 2. The first-order valence-corrected chi connectivity index (χ1v) is 12.0. The molecule has 1 aliphatic rings. The molecule has 0 spiro atoms. The van der Waals surface area contributed by atoms with Crippen molar-refractivity contribution in [2.75, 3.05) is 19.0 Å². The summed E-state index contributed by atoms with van der Waals surface area (Å²) in [5.74, 6) is -0.981. The van der Waals surface area contributed by atoms with Crippen LogP contribution in [0.1, 0.15) is 50.8 Å². The van der Waals surface area contributed by atoms with Gasteiger partial charge in [-0.15, -0.1) is 0 Å². The fourth-order valence-electron chi connectivity index (χ4n) is 4.43. The number of nitrogens with two attached hydrogens (primary N) is 1. The summed E-state index contributed by atoms with van der Waals surface area (Å²) in [6.45, 7) is 5.47. The van der Waals surface area contributed by atoms with Crippen LogP contribution in [-0.2, 0) is 20.9 Å². The summed E-state index contributed by atoms with van der Waals surface area (Å²) in [5.41, 5.74) is 4.43. The molecule has 3 N–H and O–H groups in total. The zero-order valence-corrected chi connectivity index (χ0v) is 21.6. The number of rotatable bonds is 9. The summed E-state index contributed by atoms with van der Waals surface area (Å²) < 4.78 is 39.3. The number of alkyl halides is 2. The smallest absolute Gasteiger partial charge is 0.336 e. The Balaban J connectivity index is 1.97. The van der Waals surface area contributed by atoms with Crippen LogP contribution in [0.2, 0.25) is 5.02 Å². The molecule has 10 heteroatoms. The van der Waals surface area contributed by atoms with Gasteiger partial charge in [-0.3, -0.25) is 9.69 Å². The summed E-state index contributed by atoms with van der Waals surface area (Å²) in [5, 5.41) is 3.22. The van der Waals surface area contributed by atoms with Crippen LogP contribution in [-0.4, -0.2) is 48.0 Å². The van der Waals surface area contributed by atoms with Gasteiger partial charge in [-0.2, -0.15) is 0 Å². The van der Waals surface area contributed by atoms with Gasteiger partial charge in [0.2, 0.25) is 5.91 Å². The number of anilines is 1. The number of halogens is 3. The highest BCUT2D eigenvalue weighted by molar-refractivity contribution is 6.30. The first-order valence-electron chi connectivity index (χ1n) is 11.6. The van der Waals surface area contributed by atoms with E-state index in [1.807, 2.05) is 0 Å². The van der Waals surface area contributed by atoms with Gasteiger partial charge in [0.1, 0.15) is 17.4 Å². The van der Waals surface area contributed by atoms with E-state index >= 15 is 0 Å². The highest BCUT2D eigenvalue weighted by atomic mass is 35.5. The lowest BCUT2D eigenvalue weighted by Gasteiger charge is -2.36. The normalized spacial score (nSPS) is 19.2. The SMILES string of the molecule is COc1ccc(NC(c2ccc(Cl)cc2CN2CCC[C@]2(C(N)=O)C(=O)OC(C)(C)C)C(F)F)cc1. The van der Waals surface area contributed by atoms with Crippen LogP contribution < -0.4 is 15.8 Å². The Morgan fingerprint density at radius 1 is 1.19 bits per heavy atom. The fraction of sp³-hybridized carbons (Fsp3) is 0.462. The average Bonchev–Trinajstić information content (AvgIpc) is 3.22. The maximum atomic E-state index is 14.3. The van der Waals surface area contributed by atoms with E-state index in [-0.39, 0.29) is 13.0 Å². The van der Waals surface area contributed by atoms with Crippen molar-refractivity contribution in [3.8, 4) is 5.75 Å². The number of esters is 1. The number of carbonyl (C=O) groups is 2. The molecule has 1 fully saturated rings. The molecule has 1 aliphatic heterocycles. The summed E-state index contributed by atoms with van der Waals surface area (Å²) >= 11 is 6.24. The summed E-state index contributed by atoms with van der Waals surface area (Å²) in [6, 6.07) is 9.87. The Hall–Kier alpha value is -2.91. The minimum Gasteiger partial charge on any atom is -0.497 e. The number of methoxy groups -OCH3 is 1. The van der Waals surface area contributed by atoms with Crippen molar-refractivity contribution < 1.29 is 27.8 Å². The standard InChI is InChI=1S/C26H32ClF2N3O4/c1-25(2,3)36-24(34)26(23(30)33)12-5-13-32(26)15-16-14-17(27)6-11-20(16)21(22(28)29)31-18-7-9-19(35-4)10-8-18/h6-11,14,21-22,31H,5,12-13,15H2,1-4H3,(H2,30,33)/t21?,26-/m0/s1. The quantitative estimate of drug-likeness (QED) is 0.357. The minimum atomic E-state index is -2.77. The number of nitrogens with one attached hydrogen (secondary N) is 1. The number of carbonyl (C=O) groups excluding carboxylic acids is 2. The van der Waals surface area contributed by atoms with Crippen molar-refractivity contribution >= 4 is 29.2 Å². The maximum absolute atomic E-state index is 14.3. The second kappa shape index (κ2) is 11.0. The molecule has 3 rings (SSSR count). The number of benzene rings is 2. The molecule has 0 aliphatic carbocycles. The monoisotopic (exact) mass is 523 g/mol. The predicted octanol–water partition coefficient (Wildman–Crippen LogP) is 4.93. The Kier molecular flexibility index (Phi) is 8.46. The fourth-order valence-corrected chi connectivity index (χ4v) is 4.62. The molecule has 2 atom stereocenters. The van der Waals surface area contributed by atoms with E-state index in [0.29, 0.717) is 40.6 Å². The summed E-state index contributed by atoms with van der Waals surface area (Å²) in [6.07, 6.45) is -2.08. The van der Waals surface area contributed by atoms with E-state index in [0.717, 1.165) is 0 Å². The second-order valence-corrected chi connectivity index (χ2v) is 10.2. The van der Waals surface area contributed by atoms with Gasteiger partial charge in [0.15, 0.2) is 5.54 Å². The first kappa shape index (κ1) is 27.7. The Morgan fingerprint density at radius 3 is 2.42 bits per heavy atom. The molecule has 1 heterocycles. The zero-order valence-electron chi connectivity index (χ0n) is 20.8. The van der Waals surface area contributed by atoms with E-state index in [2.05, 4.69) is 5.32 Å². The van der Waals surface area contributed by atoms with Crippen molar-refractivity contribution in [3.63, 3.8) is 0 Å². The predicted molar refractivity (Wildman–Crippen MR) is 134 cm³/mol. The van der Waals surface area contributed by atoms with Crippen LogP contribution in [0.4, 0.5) is 14.5 Å². The summed E-state index contributed by atoms with van der Waals surface area (Å²) in [4.78, 5) is 27.4. The topological polar surface area (TPSA) is 93.9 Å². The molecule has 1 unspecified atom stereocenters. The van der Waals surface area contributed by atoms with Gasteiger partial charge < -0.3 is 20.5 Å². The van der Waals surface area contributed by atoms with Crippen molar-refractivity contribution in [2.45, 2.75) is 63.8 Å². The third kappa shape index (κ3) is 6.07.